The smallest absolute Gasteiger partial charge is 0.269 e. The van der Waals surface area contributed by atoms with Crippen LogP contribution in [0.1, 0.15) is 20.2 Å². The van der Waals surface area contributed by atoms with Crippen LogP contribution in [0.15, 0.2) is 18.3 Å². The van der Waals surface area contributed by atoms with Crippen molar-refractivity contribution < 1.29 is 4.79 Å². The van der Waals surface area contributed by atoms with E-state index in [0.29, 0.717) is 21.2 Å². The number of nitrogens with zero attached hydrogens (tertiary/aromatic N) is 2. The molecule has 7 heteroatoms. The molecule has 3 N–H and O–H groups in total. The maximum Gasteiger partial charge on any atom is 0.269 e. The number of amides is 1. The molecule has 0 aliphatic rings. The van der Waals surface area contributed by atoms with Gasteiger partial charge >= 0.3 is 0 Å². The lowest BCUT2D eigenvalue weighted by atomic mass is 10.3. The first-order chi connectivity index (χ1) is 9.56. The zero-order chi connectivity index (χ0) is 14.3. The first-order valence-corrected chi connectivity index (χ1v) is 7.58. The normalized spacial score (nSPS) is 10.9. The molecule has 3 rings (SSSR count). The number of nitrogen functional groups attached to an aromatic ring is 1. The molecule has 0 aromatic carbocycles. The van der Waals surface area contributed by atoms with E-state index in [0.717, 1.165) is 15.3 Å². The first-order valence-electron chi connectivity index (χ1n) is 5.94. The molecule has 0 aliphatic carbocycles. The predicted molar refractivity (Wildman–Crippen MR) is 83.6 cm³/mol. The fourth-order valence-electron chi connectivity index (χ4n) is 1.80. The fraction of sp³-hybridized carbons (Fsp3) is 0.154. The van der Waals surface area contributed by atoms with E-state index >= 15 is 0 Å². The second kappa shape index (κ2) is 4.84. The lowest BCUT2D eigenvalue weighted by Gasteiger charge is -1.99. The number of nitrogens with two attached hydrogens (primary N) is 1. The summed E-state index contributed by atoms with van der Waals surface area (Å²) >= 11 is 2.79. The maximum atomic E-state index is 12.3. The quantitative estimate of drug-likeness (QED) is 0.762. The molecule has 0 spiro atoms. The Balaban J connectivity index is 1.94. The van der Waals surface area contributed by atoms with E-state index in [4.69, 9.17) is 5.73 Å². The molecule has 20 heavy (non-hydrogen) atoms. The maximum absolute atomic E-state index is 12.3. The van der Waals surface area contributed by atoms with Crippen LogP contribution in [0.5, 0.6) is 0 Å². The lowest BCUT2D eigenvalue weighted by molar-refractivity contribution is 0.103. The van der Waals surface area contributed by atoms with Crippen molar-refractivity contribution in [2.24, 2.45) is 0 Å². The van der Waals surface area contributed by atoms with Crippen molar-refractivity contribution in [3.05, 3.63) is 33.8 Å². The summed E-state index contributed by atoms with van der Waals surface area (Å²) in [6.07, 6.45) is 1.67. The third-order valence-corrected chi connectivity index (χ3v) is 5.08. The standard InChI is InChI=1S/C13H12N4OS2/c1-6-7(2)19-13(16-6)17-12(18)11-9(14)10-8(20-11)4-3-5-15-10/h3-5H,14H2,1-2H3,(H,16,17,18). The van der Waals surface area contributed by atoms with Crippen LogP contribution >= 0.6 is 22.7 Å². The molecule has 0 saturated carbocycles. The van der Waals surface area contributed by atoms with Gasteiger partial charge in [-0.25, -0.2) is 4.98 Å². The molecule has 3 aromatic heterocycles. The van der Waals surface area contributed by atoms with Gasteiger partial charge in [0.25, 0.3) is 5.91 Å². The van der Waals surface area contributed by atoms with Crippen LogP contribution in [0.25, 0.3) is 10.2 Å². The summed E-state index contributed by atoms with van der Waals surface area (Å²) in [7, 11) is 0. The largest absolute Gasteiger partial charge is 0.396 e. The summed E-state index contributed by atoms with van der Waals surface area (Å²) < 4.78 is 0.904. The van der Waals surface area contributed by atoms with Gasteiger partial charge in [-0.05, 0) is 26.0 Å². The third-order valence-electron chi connectivity index (χ3n) is 2.94. The molecule has 0 atom stereocenters. The number of pyridine rings is 1. The van der Waals surface area contributed by atoms with E-state index in [-0.39, 0.29) is 5.91 Å². The van der Waals surface area contributed by atoms with Crippen molar-refractivity contribution in [2.45, 2.75) is 13.8 Å². The summed E-state index contributed by atoms with van der Waals surface area (Å²) in [5.74, 6) is -0.237. The van der Waals surface area contributed by atoms with E-state index in [2.05, 4.69) is 15.3 Å². The van der Waals surface area contributed by atoms with Gasteiger partial charge in [-0.2, -0.15) is 0 Å². The number of hydrogen-bond donors (Lipinski definition) is 2. The number of fused-ring (bicyclic) bond motifs is 1. The Morgan fingerprint density at radius 2 is 2.15 bits per heavy atom. The highest BCUT2D eigenvalue weighted by atomic mass is 32.1. The highest BCUT2D eigenvalue weighted by Crippen LogP contribution is 2.32. The number of hydrogen-bond acceptors (Lipinski definition) is 6. The van der Waals surface area contributed by atoms with Gasteiger partial charge in [-0.3, -0.25) is 15.1 Å². The number of aromatic nitrogens is 2. The van der Waals surface area contributed by atoms with Crippen LogP contribution in [0.4, 0.5) is 10.8 Å². The Morgan fingerprint density at radius 1 is 1.35 bits per heavy atom. The summed E-state index contributed by atoms with van der Waals surface area (Å²) in [5, 5.41) is 3.39. The van der Waals surface area contributed by atoms with Crippen LogP contribution in [-0.4, -0.2) is 15.9 Å². The van der Waals surface area contributed by atoms with Gasteiger partial charge in [0.2, 0.25) is 0 Å². The number of carbonyl (C=O) groups is 1. The monoisotopic (exact) mass is 304 g/mol. The molecule has 5 nitrogen and oxygen atoms in total. The Bertz CT molecular complexity index is 786. The summed E-state index contributed by atoms with van der Waals surface area (Å²) in [4.78, 5) is 22.3. The highest BCUT2D eigenvalue weighted by molar-refractivity contribution is 7.21. The number of aryl methyl sites for hydroxylation is 2. The zero-order valence-electron chi connectivity index (χ0n) is 10.9. The second-order valence-corrected chi connectivity index (χ2v) is 6.57. The molecular formula is C13H12N4OS2. The summed E-state index contributed by atoms with van der Waals surface area (Å²) in [6.45, 7) is 3.89. The van der Waals surface area contributed by atoms with Crippen molar-refractivity contribution in [1.82, 2.24) is 9.97 Å². The number of anilines is 2. The van der Waals surface area contributed by atoms with Crippen LogP contribution in [0, 0.1) is 13.8 Å². The fourth-order valence-corrected chi connectivity index (χ4v) is 3.58. The second-order valence-electron chi connectivity index (χ2n) is 4.31. The van der Waals surface area contributed by atoms with Crippen molar-refractivity contribution in [3.8, 4) is 0 Å². The van der Waals surface area contributed by atoms with Crippen molar-refractivity contribution in [3.63, 3.8) is 0 Å². The van der Waals surface area contributed by atoms with Gasteiger partial charge in [-0.15, -0.1) is 22.7 Å². The van der Waals surface area contributed by atoms with Crippen molar-refractivity contribution in [1.29, 1.82) is 0 Å². The van der Waals surface area contributed by atoms with Crippen LogP contribution in [-0.2, 0) is 0 Å². The van der Waals surface area contributed by atoms with Crippen molar-refractivity contribution >= 4 is 49.6 Å². The molecule has 3 heterocycles. The minimum atomic E-state index is -0.237. The van der Waals surface area contributed by atoms with E-state index in [1.165, 1.54) is 22.7 Å². The molecule has 0 unspecified atom stereocenters. The van der Waals surface area contributed by atoms with Gasteiger partial charge in [0, 0.05) is 11.1 Å². The summed E-state index contributed by atoms with van der Waals surface area (Å²) in [5.41, 5.74) is 8.03. The Hall–Kier alpha value is -1.99. The number of thiophene rings is 1. The lowest BCUT2D eigenvalue weighted by Crippen LogP contribution is -2.11. The molecule has 0 bridgehead atoms. The van der Waals surface area contributed by atoms with Gasteiger partial charge in [0.1, 0.15) is 10.4 Å². The van der Waals surface area contributed by atoms with Gasteiger partial charge < -0.3 is 5.73 Å². The SMILES string of the molecule is Cc1nc(NC(=O)c2sc3cccnc3c2N)sc1C. The molecular weight excluding hydrogens is 292 g/mol. The van der Waals surface area contributed by atoms with Crippen molar-refractivity contribution in [2.75, 3.05) is 11.1 Å². The minimum absolute atomic E-state index is 0.237. The molecule has 1 amide bonds. The number of carbonyl (C=O) groups excluding carboxylic acids is 1. The number of nitrogens with one attached hydrogen (secondary N) is 1. The first kappa shape index (κ1) is 13.0. The minimum Gasteiger partial charge on any atom is -0.396 e. The number of rotatable bonds is 2. The highest BCUT2D eigenvalue weighted by Gasteiger charge is 2.18. The Kier molecular flexibility index (Phi) is 3.15. The van der Waals surface area contributed by atoms with Gasteiger partial charge in [-0.1, -0.05) is 0 Å². The van der Waals surface area contributed by atoms with Gasteiger partial charge in [0.15, 0.2) is 5.13 Å². The third kappa shape index (κ3) is 2.14. The molecule has 0 fully saturated rings. The van der Waals surface area contributed by atoms with E-state index in [9.17, 15) is 4.79 Å². The molecule has 102 valence electrons. The molecule has 0 saturated heterocycles. The number of thiazole rings is 1. The topological polar surface area (TPSA) is 80.9 Å². The predicted octanol–water partition coefficient (Wildman–Crippen LogP) is 3.20. The average Bonchev–Trinajstić information content (AvgIpc) is 2.91. The van der Waals surface area contributed by atoms with E-state index in [1.54, 1.807) is 6.20 Å². The molecule has 3 aromatic rings. The Morgan fingerprint density at radius 3 is 2.80 bits per heavy atom. The Labute approximate surface area is 123 Å². The summed E-state index contributed by atoms with van der Waals surface area (Å²) in [6, 6.07) is 3.73. The molecule has 0 aliphatic heterocycles. The van der Waals surface area contributed by atoms with Crippen LogP contribution in [0.2, 0.25) is 0 Å². The van der Waals surface area contributed by atoms with Crippen LogP contribution < -0.4 is 11.1 Å². The zero-order valence-corrected chi connectivity index (χ0v) is 12.6. The van der Waals surface area contributed by atoms with E-state index < -0.39 is 0 Å². The molecule has 0 radical (unpaired) electrons. The van der Waals surface area contributed by atoms with Gasteiger partial charge in [0.05, 0.1) is 16.1 Å². The van der Waals surface area contributed by atoms with E-state index in [1.807, 2.05) is 26.0 Å². The average molecular weight is 304 g/mol. The van der Waals surface area contributed by atoms with Crippen LogP contribution in [0.3, 0.4) is 0 Å².